The number of rotatable bonds is 2. The van der Waals surface area contributed by atoms with Gasteiger partial charge in [0.25, 0.3) is 5.91 Å². The number of anilines is 1. The highest BCUT2D eigenvalue weighted by atomic mass is 19.4. The third-order valence-corrected chi connectivity index (χ3v) is 6.13. The highest BCUT2D eigenvalue weighted by molar-refractivity contribution is 5.94. The summed E-state index contributed by atoms with van der Waals surface area (Å²) >= 11 is 0. The number of hydrogen-bond donors (Lipinski definition) is 0. The highest BCUT2D eigenvalue weighted by Crippen LogP contribution is 2.44. The van der Waals surface area contributed by atoms with Crippen LogP contribution < -0.4 is 4.90 Å². The van der Waals surface area contributed by atoms with Crippen LogP contribution in [-0.2, 0) is 6.18 Å². The maximum atomic E-state index is 13.4. The van der Waals surface area contributed by atoms with Gasteiger partial charge < -0.3 is 9.80 Å². The number of aromatic nitrogens is 1. The second kappa shape index (κ2) is 7.25. The summed E-state index contributed by atoms with van der Waals surface area (Å²) in [4.78, 5) is 20.3. The molecule has 4 rings (SSSR count). The van der Waals surface area contributed by atoms with Crippen molar-refractivity contribution in [2.24, 2.45) is 5.92 Å². The predicted molar refractivity (Wildman–Crippen MR) is 105 cm³/mol. The molecule has 4 nitrogen and oxygen atoms in total. The van der Waals surface area contributed by atoms with Crippen LogP contribution in [-0.4, -0.2) is 40.5 Å². The molecule has 0 spiro atoms. The van der Waals surface area contributed by atoms with Crippen LogP contribution in [0.4, 0.5) is 23.2 Å². The number of pyridine rings is 1. The van der Waals surface area contributed by atoms with E-state index in [1.165, 1.54) is 18.2 Å². The number of carbonyl (C=O) groups excluding carboxylic acids is 1. The Morgan fingerprint density at radius 3 is 2.43 bits per heavy atom. The number of likely N-dealkylation sites (tertiary alicyclic amines) is 1. The van der Waals surface area contributed by atoms with Crippen molar-refractivity contribution in [3.05, 3.63) is 59.7 Å². The molecule has 1 aromatic carbocycles. The van der Waals surface area contributed by atoms with Gasteiger partial charge in [0.2, 0.25) is 0 Å². The van der Waals surface area contributed by atoms with Gasteiger partial charge in [0, 0.05) is 36.6 Å². The van der Waals surface area contributed by atoms with Crippen molar-refractivity contribution in [2.45, 2.75) is 44.4 Å². The second-order valence-corrected chi connectivity index (χ2v) is 8.66. The Kier molecular flexibility index (Phi) is 4.98. The van der Waals surface area contributed by atoms with Crippen LogP contribution in [0, 0.1) is 11.7 Å². The van der Waals surface area contributed by atoms with Crippen molar-refractivity contribution in [1.82, 2.24) is 9.88 Å². The number of nitrogens with zero attached hydrogens (tertiary/aromatic N) is 3. The summed E-state index contributed by atoms with van der Waals surface area (Å²) < 4.78 is 51.5. The lowest BCUT2D eigenvalue weighted by atomic mass is 9.89. The van der Waals surface area contributed by atoms with Gasteiger partial charge in [-0.05, 0) is 69.0 Å². The molecule has 0 radical (unpaired) electrons. The van der Waals surface area contributed by atoms with E-state index in [9.17, 15) is 22.4 Å². The number of piperidine rings is 1. The van der Waals surface area contributed by atoms with E-state index in [1.54, 1.807) is 17.0 Å². The highest BCUT2D eigenvalue weighted by Gasteiger charge is 2.48. The smallest absolute Gasteiger partial charge is 0.363 e. The fourth-order valence-electron chi connectivity index (χ4n) is 4.95. The average Bonchev–Trinajstić information content (AvgIpc) is 2.96. The minimum absolute atomic E-state index is 0.151. The molecule has 2 aliphatic heterocycles. The maximum Gasteiger partial charge on any atom is 0.433 e. The number of fused-ring (bicyclic) bond motifs is 1. The van der Waals surface area contributed by atoms with Crippen LogP contribution in [0.3, 0.4) is 0 Å². The van der Waals surface area contributed by atoms with Crippen molar-refractivity contribution < 1.29 is 22.4 Å². The fourth-order valence-corrected chi connectivity index (χ4v) is 4.95. The van der Waals surface area contributed by atoms with Crippen molar-refractivity contribution in [2.75, 3.05) is 18.0 Å². The van der Waals surface area contributed by atoms with Gasteiger partial charge in [-0.25, -0.2) is 4.39 Å². The molecule has 2 atom stereocenters. The largest absolute Gasteiger partial charge is 0.433 e. The molecule has 0 aliphatic carbocycles. The van der Waals surface area contributed by atoms with Crippen LogP contribution >= 0.6 is 0 Å². The van der Waals surface area contributed by atoms with Gasteiger partial charge in [0.15, 0.2) is 0 Å². The van der Waals surface area contributed by atoms with Crippen molar-refractivity contribution in [3.63, 3.8) is 0 Å². The SMILES string of the molecule is CC1(C)C[C@@H]2CN(C(=O)c3ccc(C(F)(F)F)nc3)CC[C@@H]2N1c1ccc(F)cc1. The molecule has 1 amide bonds. The summed E-state index contributed by atoms with van der Waals surface area (Å²) in [6.45, 7) is 5.32. The number of carbonyl (C=O) groups is 1. The normalized spacial score (nSPS) is 23.4. The fraction of sp³-hybridized carbons (Fsp3) is 0.455. The van der Waals surface area contributed by atoms with E-state index >= 15 is 0 Å². The van der Waals surface area contributed by atoms with Crippen molar-refractivity contribution in [1.29, 1.82) is 0 Å². The monoisotopic (exact) mass is 421 g/mol. The Hall–Kier alpha value is -2.64. The van der Waals surface area contributed by atoms with Gasteiger partial charge in [-0.15, -0.1) is 0 Å². The maximum absolute atomic E-state index is 13.4. The summed E-state index contributed by atoms with van der Waals surface area (Å²) in [5.74, 6) is -0.351. The number of benzene rings is 1. The molecule has 0 unspecified atom stereocenters. The van der Waals surface area contributed by atoms with Crippen LogP contribution in [0.15, 0.2) is 42.6 Å². The molecule has 3 heterocycles. The molecule has 30 heavy (non-hydrogen) atoms. The van der Waals surface area contributed by atoms with E-state index < -0.39 is 11.9 Å². The first-order chi connectivity index (χ1) is 14.1. The second-order valence-electron chi connectivity index (χ2n) is 8.66. The zero-order valence-electron chi connectivity index (χ0n) is 16.8. The van der Waals surface area contributed by atoms with Gasteiger partial charge in [0.05, 0.1) is 5.56 Å². The number of halogens is 4. The topological polar surface area (TPSA) is 36.4 Å². The first-order valence-corrected chi connectivity index (χ1v) is 9.94. The van der Waals surface area contributed by atoms with Gasteiger partial charge in [-0.2, -0.15) is 13.2 Å². The van der Waals surface area contributed by atoms with Gasteiger partial charge in [0.1, 0.15) is 11.5 Å². The van der Waals surface area contributed by atoms with Crippen LogP contribution in [0.1, 0.15) is 42.7 Å². The van der Waals surface area contributed by atoms with Gasteiger partial charge >= 0.3 is 6.18 Å². The molecule has 8 heteroatoms. The molecular formula is C22H23F4N3O. The Balaban J connectivity index is 1.50. The Labute approximate surface area is 172 Å². The quantitative estimate of drug-likeness (QED) is 0.656. The van der Waals surface area contributed by atoms with Gasteiger partial charge in [-0.3, -0.25) is 9.78 Å². The van der Waals surface area contributed by atoms with Gasteiger partial charge in [-0.1, -0.05) is 0 Å². The van der Waals surface area contributed by atoms with E-state index in [0.717, 1.165) is 30.8 Å². The summed E-state index contributed by atoms with van der Waals surface area (Å²) in [5, 5.41) is 0. The Morgan fingerprint density at radius 2 is 1.83 bits per heavy atom. The predicted octanol–water partition coefficient (Wildman–Crippen LogP) is 4.76. The standard InChI is InChI=1S/C22H23F4N3O/c1-21(2)11-15-13-28(20(30)14-3-8-19(27-12-14)22(24,25)26)10-9-18(15)29(21)17-6-4-16(23)5-7-17/h3-8,12,15,18H,9-11,13H2,1-2H3/t15-,18+/m1/s1. The average molecular weight is 421 g/mol. The summed E-state index contributed by atoms with van der Waals surface area (Å²) in [5.41, 5.74) is -0.0396. The molecule has 0 bridgehead atoms. The number of hydrogen-bond acceptors (Lipinski definition) is 3. The molecule has 2 aliphatic rings. The minimum Gasteiger partial charge on any atom is -0.363 e. The first-order valence-electron chi connectivity index (χ1n) is 9.94. The van der Waals surface area contributed by atoms with Crippen LogP contribution in [0.2, 0.25) is 0 Å². The zero-order chi connectivity index (χ0) is 21.7. The number of amides is 1. The molecule has 0 saturated carbocycles. The molecule has 2 fully saturated rings. The molecule has 1 aromatic heterocycles. The van der Waals surface area contributed by atoms with E-state index in [2.05, 4.69) is 23.7 Å². The lowest BCUT2D eigenvalue weighted by molar-refractivity contribution is -0.141. The first kappa shape index (κ1) is 20.6. The molecule has 0 N–H and O–H groups in total. The lowest BCUT2D eigenvalue weighted by Crippen LogP contribution is -2.50. The molecule has 160 valence electrons. The summed E-state index contributed by atoms with van der Waals surface area (Å²) in [6.07, 6.45) is -1.92. The lowest BCUT2D eigenvalue weighted by Gasteiger charge is -2.41. The Bertz CT molecular complexity index is 925. The summed E-state index contributed by atoms with van der Waals surface area (Å²) in [6, 6.07) is 8.72. The van der Waals surface area contributed by atoms with Crippen LogP contribution in [0.25, 0.3) is 0 Å². The van der Waals surface area contributed by atoms with Crippen LogP contribution in [0.5, 0.6) is 0 Å². The van der Waals surface area contributed by atoms with Crippen molar-refractivity contribution in [3.8, 4) is 0 Å². The molecular weight excluding hydrogens is 398 g/mol. The van der Waals surface area contributed by atoms with E-state index in [-0.39, 0.29) is 34.8 Å². The van der Waals surface area contributed by atoms with E-state index in [0.29, 0.717) is 13.1 Å². The summed E-state index contributed by atoms with van der Waals surface area (Å²) in [7, 11) is 0. The number of alkyl halides is 3. The van der Waals surface area contributed by atoms with E-state index in [4.69, 9.17) is 0 Å². The minimum atomic E-state index is -4.53. The third kappa shape index (κ3) is 3.75. The van der Waals surface area contributed by atoms with E-state index in [1.807, 2.05) is 0 Å². The van der Waals surface area contributed by atoms with Crippen molar-refractivity contribution >= 4 is 11.6 Å². The zero-order valence-corrected chi connectivity index (χ0v) is 16.8. The Morgan fingerprint density at radius 1 is 1.13 bits per heavy atom. The third-order valence-electron chi connectivity index (χ3n) is 6.13. The molecule has 2 aromatic rings. The molecule has 2 saturated heterocycles.